The van der Waals surface area contributed by atoms with Gasteiger partial charge >= 0.3 is 0 Å². The predicted octanol–water partition coefficient (Wildman–Crippen LogP) is 3.62. The van der Waals surface area contributed by atoms with Gasteiger partial charge in [0.2, 0.25) is 21.8 Å². The van der Waals surface area contributed by atoms with E-state index in [0.29, 0.717) is 45.8 Å². The van der Waals surface area contributed by atoms with E-state index in [0.717, 1.165) is 42.6 Å². The topological polar surface area (TPSA) is 99.3 Å². The van der Waals surface area contributed by atoms with E-state index in [1.165, 1.54) is 4.31 Å². The smallest absolute Gasteiger partial charge is 0.247 e. The molecule has 0 aromatic heterocycles. The molecule has 1 atom stereocenters. The zero-order valence-corrected chi connectivity index (χ0v) is 26.0. The van der Waals surface area contributed by atoms with Crippen molar-refractivity contribution in [3.63, 3.8) is 0 Å². The molecule has 3 aromatic rings. The summed E-state index contributed by atoms with van der Waals surface area (Å²) in [5, 5.41) is 3.09. The fourth-order valence-corrected chi connectivity index (χ4v) is 7.29. The molecule has 0 aliphatic carbocycles. The lowest BCUT2D eigenvalue weighted by molar-refractivity contribution is -0.141. The molecule has 2 saturated heterocycles. The fraction of sp³-hybridized carbons (Fsp3) is 0.412. The average Bonchev–Trinajstić information content (AvgIpc) is 3.62. The molecule has 0 saturated carbocycles. The van der Waals surface area contributed by atoms with Crippen molar-refractivity contribution in [2.45, 2.75) is 43.2 Å². The van der Waals surface area contributed by atoms with Crippen LogP contribution >= 0.6 is 0 Å². The number of sulfonamides is 1. The maximum atomic E-state index is 14.0. The SMILES string of the molecule is O=C(NCCN1CCOCC1)[C@@H](c1ccccc1)N(Cc1ccccc1)C(=O)CCc1ccc(S(=O)(=O)N2CCCC2)cc1. The summed E-state index contributed by atoms with van der Waals surface area (Å²) in [5.41, 5.74) is 2.54. The van der Waals surface area contributed by atoms with Crippen LogP contribution < -0.4 is 5.32 Å². The lowest BCUT2D eigenvalue weighted by Crippen LogP contribution is -2.46. The minimum absolute atomic E-state index is 0.153. The number of rotatable bonds is 13. The Morgan fingerprint density at radius 3 is 2.11 bits per heavy atom. The van der Waals surface area contributed by atoms with E-state index in [-0.39, 0.29) is 29.7 Å². The molecule has 5 rings (SSSR count). The summed E-state index contributed by atoms with van der Waals surface area (Å²) in [4.78, 5) is 32.0. The van der Waals surface area contributed by atoms with Crippen molar-refractivity contribution in [1.29, 1.82) is 0 Å². The predicted molar refractivity (Wildman–Crippen MR) is 169 cm³/mol. The Morgan fingerprint density at radius 2 is 1.45 bits per heavy atom. The van der Waals surface area contributed by atoms with Crippen LogP contribution in [0.15, 0.2) is 89.8 Å². The first kappa shape index (κ1) is 31.8. The van der Waals surface area contributed by atoms with Gasteiger partial charge in [-0.3, -0.25) is 14.5 Å². The van der Waals surface area contributed by atoms with Gasteiger partial charge in [0.25, 0.3) is 0 Å². The molecular weight excluding hydrogens is 576 g/mol. The lowest BCUT2D eigenvalue weighted by atomic mass is 10.0. The number of hydrogen-bond acceptors (Lipinski definition) is 6. The van der Waals surface area contributed by atoms with E-state index < -0.39 is 16.1 Å². The summed E-state index contributed by atoms with van der Waals surface area (Å²) >= 11 is 0. The quantitative estimate of drug-likeness (QED) is 0.314. The van der Waals surface area contributed by atoms with Gasteiger partial charge in [-0.05, 0) is 48.1 Å². The van der Waals surface area contributed by atoms with E-state index in [9.17, 15) is 18.0 Å². The largest absolute Gasteiger partial charge is 0.379 e. The first-order valence-electron chi connectivity index (χ1n) is 15.5. The molecule has 234 valence electrons. The second-order valence-electron chi connectivity index (χ2n) is 11.3. The van der Waals surface area contributed by atoms with Crippen LogP contribution in [0.3, 0.4) is 0 Å². The van der Waals surface area contributed by atoms with Crippen LogP contribution in [0.2, 0.25) is 0 Å². The number of nitrogens with one attached hydrogen (secondary N) is 1. The van der Waals surface area contributed by atoms with Gasteiger partial charge < -0.3 is 15.0 Å². The summed E-state index contributed by atoms with van der Waals surface area (Å²) in [6.07, 6.45) is 2.37. The number of amides is 2. The minimum Gasteiger partial charge on any atom is -0.379 e. The standard InChI is InChI=1S/C34H42N4O5S/c39-32(18-15-28-13-16-31(17-14-28)44(41,42)37-20-7-8-21-37)38(27-29-9-3-1-4-10-29)33(30-11-5-2-6-12-30)34(40)35-19-22-36-23-25-43-26-24-36/h1-6,9-14,16-17,33H,7-8,15,18-27H2,(H,35,40)/t33-/m1/s1. The van der Waals surface area contributed by atoms with Gasteiger partial charge in [0.15, 0.2) is 0 Å². The van der Waals surface area contributed by atoms with Gasteiger partial charge in [-0.25, -0.2) is 8.42 Å². The molecule has 0 bridgehead atoms. The number of morpholine rings is 1. The highest BCUT2D eigenvalue weighted by Gasteiger charge is 2.32. The van der Waals surface area contributed by atoms with Gasteiger partial charge in [-0.1, -0.05) is 72.8 Å². The Balaban J connectivity index is 1.32. The molecule has 0 radical (unpaired) electrons. The molecular formula is C34H42N4O5S. The number of aryl methyl sites for hydroxylation is 1. The van der Waals surface area contributed by atoms with Crippen molar-refractivity contribution in [3.8, 4) is 0 Å². The Hall–Kier alpha value is -3.57. The molecule has 2 aliphatic rings. The third-order valence-electron chi connectivity index (χ3n) is 8.28. The van der Waals surface area contributed by atoms with Crippen LogP contribution in [0, 0.1) is 0 Å². The number of carbonyl (C=O) groups excluding carboxylic acids is 2. The molecule has 44 heavy (non-hydrogen) atoms. The summed E-state index contributed by atoms with van der Waals surface area (Å²) in [6.45, 7) is 5.63. The Labute approximate surface area is 260 Å². The van der Waals surface area contributed by atoms with Gasteiger partial charge in [0, 0.05) is 52.2 Å². The summed E-state index contributed by atoms with van der Waals surface area (Å²) in [5.74, 6) is -0.370. The van der Waals surface area contributed by atoms with Crippen molar-refractivity contribution in [2.24, 2.45) is 0 Å². The van der Waals surface area contributed by atoms with Gasteiger partial charge in [-0.15, -0.1) is 0 Å². The monoisotopic (exact) mass is 618 g/mol. The van der Waals surface area contributed by atoms with Gasteiger partial charge in [0.05, 0.1) is 18.1 Å². The van der Waals surface area contributed by atoms with Crippen LogP contribution in [0.4, 0.5) is 0 Å². The zero-order valence-electron chi connectivity index (χ0n) is 25.1. The molecule has 1 N–H and O–H groups in total. The highest BCUT2D eigenvalue weighted by molar-refractivity contribution is 7.89. The third kappa shape index (κ3) is 8.32. The number of nitrogens with zero attached hydrogens (tertiary/aromatic N) is 3. The highest BCUT2D eigenvalue weighted by Crippen LogP contribution is 2.26. The van der Waals surface area contributed by atoms with Crippen molar-refractivity contribution < 1.29 is 22.7 Å². The van der Waals surface area contributed by atoms with Crippen LogP contribution in [-0.2, 0) is 37.3 Å². The molecule has 2 aliphatic heterocycles. The molecule has 9 nitrogen and oxygen atoms in total. The molecule has 0 unspecified atom stereocenters. The minimum atomic E-state index is -3.50. The van der Waals surface area contributed by atoms with Gasteiger partial charge in [-0.2, -0.15) is 4.31 Å². The zero-order chi connectivity index (χ0) is 30.8. The van der Waals surface area contributed by atoms with Crippen LogP contribution in [0.25, 0.3) is 0 Å². The summed E-state index contributed by atoms with van der Waals surface area (Å²) < 4.78 is 32.8. The van der Waals surface area contributed by atoms with Crippen LogP contribution in [-0.4, -0.2) is 86.8 Å². The first-order valence-corrected chi connectivity index (χ1v) is 16.9. The normalized spacial score (nSPS) is 16.8. The molecule has 3 aromatic carbocycles. The Bertz CT molecular complexity index is 1460. The number of hydrogen-bond donors (Lipinski definition) is 1. The van der Waals surface area contributed by atoms with Gasteiger partial charge in [0.1, 0.15) is 6.04 Å². The average molecular weight is 619 g/mol. The number of carbonyl (C=O) groups is 2. The van der Waals surface area contributed by atoms with Crippen molar-refractivity contribution in [2.75, 3.05) is 52.5 Å². The maximum absolute atomic E-state index is 14.0. The number of benzene rings is 3. The van der Waals surface area contributed by atoms with E-state index in [2.05, 4.69) is 10.2 Å². The van der Waals surface area contributed by atoms with Crippen molar-refractivity contribution in [3.05, 3.63) is 102 Å². The fourth-order valence-electron chi connectivity index (χ4n) is 5.77. The first-order chi connectivity index (χ1) is 21.4. The third-order valence-corrected chi connectivity index (χ3v) is 10.2. The second-order valence-corrected chi connectivity index (χ2v) is 13.3. The summed E-state index contributed by atoms with van der Waals surface area (Å²) in [6, 6.07) is 25.1. The number of ether oxygens (including phenoxy) is 1. The Morgan fingerprint density at radius 1 is 0.818 bits per heavy atom. The lowest BCUT2D eigenvalue weighted by Gasteiger charge is -2.32. The van der Waals surface area contributed by atoms with E-state index in [4.69, 9.17) is 4.74 Å². The maximum Gasteiger partial charge on any atom is 0.247 e. The molecule has 2 amide bonds. The second kappa shape index (κ2) is 15.4. The molecule has 2 fully saturated rings. The molecule has 2 heterocycles. The van der Waals surface area contributed by atoms with Crippen molar-refractivity contribution >= 4 is 21.8 Å². The Kier molecular flexibility index (Phi) is 11.2. The summed E-state index contributed by atoms with van der Waals surface area (Å²) in [7, 11) is -3.50. The van der Waals surface area contributed by atoms with E-state index in [1.54, 1.807) is 29.2 Å². The molecule has 0 spiro atoms. The van der Waals surface area contributed by atoms with Crippen LogP contribution in [0.5, 0.6) is 0 Å². The van der Waals surface area contributed by atoms with E-state index >= 15 is 0 Å². The molecule has 10 heteroatoms. The van der Waals surface area contributed by atoms with Crippen LogP contribution in [0.1, 0.15) is 42.0 Å². The van der Waals surface area contributed by atoms with E-state index in [1.807, 2.05) is 60.7 Å². The van der Waals surface area contributed by atoms with Crippen molar-refractivity contribution in [1.82, 2.24) is 19.4 Å². The highest BCUT2D eigenvalue weighted by atomic mass is 32.2.